The fourth-order valence-electron chi connectivity index (χ4n) is 4.15. The molecule has 4 aromatic rings. The van der Waals surface area contributed by atoms with Crippen LogP contribution in [0.15, 0.2) is 65.6 Å². The fourth-order valence-corrected chi connectivity index (χ4v) is 5.25. The van der Waals surface area contributed by atoms with Crippen molar-refractivity contribution in [3.8, 4) is 16.8 Å². The van der Waals surface area contributed by atoms with E-state index in [1.165, 1.54) is 6.07 Å². The molecule has 0 aliphatic carbocycles. The summed E-state index contributed by atoms with van der Waals surface area (Å²) in [6, 6.07) is 18.2. The molecule has 4 rings (SSSR count). The number of carbonyl (C=O) groups is 1. The van der Waals surface area contributed by atoms with Gasteiger partial charge >= 0.3 is 6.09 Å². The molecule has 188 valence electrons. The lowest BCUT2D eigenvalue weighted by Crippen LogP contribution is -2.31. The number of benzene rings is 3. The molecule has 8 nitrogen and oxygen atoms in total. The highest BCUT2D eigenvalue weighted by Gasteiger charge is 2.23. The smallest absolute Gasteiger partial charge is 0.421 e. The molecule has 1 unspecified atom stereocenters. The van der Waals surface area contributed by atoms with Gasteiger partial charge in [0.05, 0.1) is 28.6 Å². The lowest BCUT2D eigenvalue weighted by atomic mass is 10.0. The predicted molar refractivity (Wildman–Crippen MR) is 139 cm³/mol. The number of amides is 1. The van der Waals surface area contributed by atoms with E-state index in [0.29, 0.717) is 17.5 Å². The number of aliphatic hydroxyl groups excluding tert-OH is 1. The molecule has 36 heavy (non-hydrogen) atoms. The quantitative estimate of drug-likeness (QED) is 0.362. The average molecular weight is 508 g/mol. The van der Waals surface area contributed by atoms with E-state index in [2.05, 4.69) is 4.57 Å². The summed E-state index contributed by atoms with van der Waals surface area (Å²) in [7, 11) is -4.14. The van der Waals surface area contributed by atoms with Crippen LogP contribution in [0.5, 0.6) is 0 Å². The third-order valence-corrected chi connectivity index (χ3v) is 7.27. The van der Waals surface area contributed by atoms with E-state index >= 15 is 0 Å². The molecule has 0 bridgehead atoms. The van der Waals surface area contributed by atoms with E-state index < -0.39 is 22.2 Å². The number of sulfonamides is 1. The number of ether oxygens (including phenoxy) is 1. The number of aromatic nitrogens is 2. The van der Waals surface area contributed by atoms with Gasteiger partial charge in [0.25, 0.3) is 10.0 Å². The standard InChI is InChI=1S/C27H29N3O5S/c1-5-26-28-23-16-20(18(4)31)10-13-24(23)30(26)21-11-8-19(9-12-21)22-15-17(3)7-14-25(22)36(33,34)29-27(32)35-6-2/h7-16,18,31H,5-6H2,1-4H3,(H,29,32). The molecular formula is C27H29N3O5S. The van der Waals surface area contributed by atoms with Gasteiger partial charge in [0, 0.05) is 17.7 Å². The van der Waals surface area contributed by atoms with Crippen LogP contribution in [-0.4, -0.2) is 35.8 Å². The number of hydrogen-bond donors (Lipinski definition) is 2. The molecule has 0 radical (unpaired) electrons. The molecule has 2 N–H and O–H groups in total. The van der Waals surface area contributed by atoms with Crippen LogP contribution in [-0.2, 0) is 21.2 Å². The first kappa shape index (κ1) is 25.4. The van der Waals surface area contributed by atoms with E-state index in [1.54, 1.807) is 26.0 Å². The number of fused-ring (bicyclic) bond motifs is 1. The Morgan fingerprint density at radius 1 is 1.08 bits per heavy atom. The van der Waals surface area contributed by atoms with Crippen molar-refractivity contribution in [2.24, 2.45) is 0 Å². The highest BCUT2D eigenvalue weighted by molar-refractivity contribution is 7.90. The number of carbonyl (C=O) groups excluding carboxylic acids is 1. The zero-order valence-electron chi connectivity index (χ0n) is 20.6. The summed E-state index contributed by atoms with van der Waals surface area (Å²) in [4.78, 5) is 16.6. The normalized spacial score (nSPS) is 12.5. The van der Waals surface area contributed by atoms with Crippen molar-refractivity contribution in [3.05, 3.63) is 77.6 Å². The Bertz CT molecular complexity index is 1520. The Morgan fingerprint density at radius 2 is 1.81 bits per heavy atom. The maximum Gasteiger partial charge on any atom is 0.421 e. The van der Waals surface area contributed by atoms with Crippen LogP contribution in [0.2, 0.25) is 0 Å². The third-order valence-electron chi connectivity index (χ3n) is 5.90. The highest BCUT2D eigenvalue weighted by atomic mass is 32.2. The molecule has 1 atom stereocenters. The molecule has 1 heterocycles. The number of aliphatic hydroxyl groups is 1. The maximum absolute atomic E-state index is 12.9. The monoisotopic (exact) mass is 507 g/mol. The summed E-state index contributed by atoms with van der Waals surface area (Å²) in [5.41, 5.74) is 5.44. The molecular weight excluding hydrogens is 478 g/mol. The van der Waals surface area contributed by atoms with Crippen LogP contribution in [0.1, 0.15) is 43.8 Å². The first-order valence-corrected chi connectivity index (χ1v) is 13.2. The number of rotatable bonds is 7. The number of aryl methyl sites for hydroxylation is 2. The predicted octanol–water partition coefficient (Wildman–Crippen LogP) is 5.05. The van der Waals surface area contributed by atoms with E-state index in [9.17, 15) is 18.3 Å². The second-order valence-corrected chi connectivity index (χ2v) is 10.2. The molecule has 0 saturated heterocycles. The van der Waals surface area contributed by atoms with Crippen LogP contribution in [0.4, 0.5) is 4.79 Å². The van der Waals surface area contributed by atoms with Crippen molar-refractivity contribution in [2.75, 3.05) is 6.61 Å². The van der Waals surface area contributed by atoms with Gasteiger partial charge < -0.3 is 9.84 Å². The minimum atomic E-state index is -4.14. The summed E-state index contributed by atoms with van der Waals surface area (Å²) in [6.07, 6.45) is -0.889. The first-order chi connectivity index (χ1) is 17.1. The van der Waals surface area contributed by atoms with Gasteiger partial charge in [-0.2, -0.15) is 0 Å². The number of nitrogens with one attached hydrogen (secondary N) is 1. The summed E-state index contributed by atoms with van der Waals surface area (Å²) >= 11 is 0. The van der Waals surface area contributed by atoms with Gasteiger partial charge in [-0.05, 0) is 62.2 Å². The summed E-state index contributed by atoms with van der Waals surface area (Å²) in [5, 5.41) is 9.94. The maximum atomic E-state index is 12.9. The van der Waals surface area contributed by atoms with Crippen molar-refractivity contribution >= 4 is 27.1 Å². The van der Waals surface area contributed by atoms with E-state index in [-0.39, 0.29) is 11.5 Å². The summed E-state index contributed by atoms with van der Waals surface area (Å²) < 4.78 is 34.7. The van der Waals surface area contributed by atoms with Gasteiger partial charge in [-0.1, -0.05) is 42.8 Å². The minimum Gasteiger partial charge on any atom is -0.449 e. The molecule has 0 aliphatic heterocycles. The highest BCUT2D eigenvalue weighted by Crippen LogP contribution is 2.31. The molecule has 0 spiro atoms. The van der Waals surface area contributed by atoms with Gasteiger partial charge in [-0.25, -0.2) is 22.9 Å². The second-order valence-electron chi connectivity index (χ2n) is 8.51. The second kappa shape index (κ2) is 10.1. The zero-order valence-corrected chi connectivity index (χ0v) is 21.5. The largest absolute Gasteiger partial charge is 0.449 e. The van der Waals surface area contributed by atoms with Gasteiger partial charge in [0.15, 0.2) is 0 Å². The van der Waals surface area contributed by atoms with Crippen molar-refractivity contribution in [1.82, 2.24) is 14.3 Å². The molecule has 1 amide bonds. The summed E-state index contributed by atoms with van der Waals surface area (Å²) in [5.74, 6) is 0.873. The van der Waals surface area contributed by atoms with Crippen LogP contribution in [0.25, 0.3) is 27.8 Å². The van der Waals surface area contributed by atoms with E-state index in [1.807, 2.05) is 61.0 Å². The zero-order chi connectivity index (χ0) is 26.0. The van der Waals surface area contributed by atoms with Crippen LogP contribution < -0.4 is 4.72 Å². The van der Waals surface area contributed by atoms with Gasteiger partial charge in [0.2, 0.25) is 0 Å². The Balaban J connectivity index is 1.77. The van der Waals surface area contributed by atoms with Crippen LogP contribution in [0, 0.1) is 6.92 Å². The first-order valence-electron chi connectivity index (χ1n) is 11.7. The number of imidazole rings is 1. The van der Waals surface area contributed by atoms with Gasteiger partial charge in [0.1, 0.15) is 5.82 Å². The lowest BCUT2D eigenvalue weighted by molar-refractivity contribution is 0.158. The number of nitrogens with zero attached hydrogens (tertiary/aromatic N) is 2. The third kappa shape index (κ3) is 4.98. The van der Waals surface area contributed by atoms with Crippen molar-refractivity contribution in [3.63, 3.8) is 0 Å². The van der Waals surface area contributed by atoms with E-state index in [4.69, 9.17) is 9.72 Å². The van der Waals surface area contributed by atoms with Crippen molar-refractivity contribution in [2.45, 2.75) is 45.1 Å². The Hall–Kier alpha value is -3.69. The van der Waals surface area contributed by atoms with Crippen molar-refractivity contribution in [1.29, 1.82) is 0 Å². The molecule has 0 aliphatic rings. The topological polar surface area (TPSA) is 111 Å². The van der Waals surface area contributed by atoms with Crippen LogP contribution >= 0.6 is 0 Å². The molecule has 1 aromatic heterocycles. The van der Waals surface area contributed by atoms with Crippen molar-refractivity contribution < 1.29 is 23.1 Å². The van der Waals surface area contributed by atoms with Gasteiger partial charge in [-0.3, -0.25) is 4.57 Å². The van der Waals surface area contributed by atoms with Crippen LogP contribution in [0.3, 0.4) is 0 Å². The Morgan fingerprint density at radius 3 is 2.44 bits per heavy atom. The Labute approximate surface area is 210 Å². The molecule has 9 heteroatoms. The lowest BCUT2D eigenvalue weighted by Gasteiger charge is -2.14. The van der Waals surface area contributed by atoms with Gasteiger partial charge in [-0.15, -0.1) is 0 Å². The number of hydrogen-bond acceptors (Lipinski definition) is 6. The average Bonchev–Trinajstić information content (AvgIpc) is 3.21. The Kier molecular flexibility index (Phi) is 7.14. The molecule has 0 fully saturated rings. The summed E-state index contributed by atoms with van der Waals surface area (Å²) in [6.45, 7) is 7.29. The van der Waals surface area contributed by atoms with E-state index in [0.717, 1.165) is 33.7 Å². The molecule has 0 saturated carbocycles. The molecule has 3 aromatic carbocycles. The minimum absolute atomic E-state index is 0.0121. The SMILES string of the molecule is CCOC(=O)NS(=O)(=O)c1ccc(C)cc1-c1ccc(-n2c(CC)nc3cc(C(C)O)ccc32)cc1. The fraction of sp³-hybridized carbons (Fsp3) is 0.259.